The van der Waals surface area contributed by atoms with Crippen molar-refractivity contribution < 1.29 is 18.8 Å². The molecule has 3 amide bonds. The van der Waals surface area contributed by atoms with E-state index in [9.17, 15) is 18.8 Å². The summed E-state index contributed by atoms with van der Waals surface area (Å²) in [6.45, 7) is 2.21. The number of nitrogen functional groups attached to an aromatic ring is 1. The standard InChI is InChI=1S/C34H42FN5O3S/c1-22-10-8-9-11-23(22)20-21-40(30(24-16-18-25(35)19-17-24)33(42)38-27-14-6-3-7-15-27)34(43)31-28(36)29(39-44-31)32(41)37-26-12-4-2-5-13-26/h8-11,16-19,26-27,30H,2-7,12-15,20-21,36H2,1H3,(H,37,41)(H,38,42)/t30-/m0/s1. The number of hydrogen-bond acceptors (Lipinski definition) is 6. The van der Waals surface area contributed by atoms with E-state index in [-0.39, 0.29) is 46.7 Å². The zero-order valence-electron chi connectivity index (χ0n) is 25.3. The maximum Gasteiger partial charge on any atom is 0.273 e. The third-order valence-electron chi connectivity index (χ3n) is 8.92. The molecule has 4 N–H and O–H groups in total. The Morgan fingerprint density at radius 1 is 0.932 bits per heavy atom. The third-order valence-corrected chi connectivity index (χ3v) is 9.77. The molecule has 3 aromatic rings. The molecule has 10 heteroatoms. The first kappa shape index (κ1) is 31.6. The molecule has 0 radical (unpaired) electrons. The lowest BCUT2D eigenvalue weighted by atomic mass is 9.94. The van der Waals surface area contributed by atoms with Crippen LogP contribution < -0.4 is 16.4 Å². The fourth-order valence-electron chi connectivity index (χ4n) is 6.37. The summed E-state index contributed by atoms with van der Waals surface area (Å²) in [5.74, 6) is -1.63. The fraction of sp³-hybridized carbons (Fsp3) is 0.471. The Labute approximate surface area is 262 Å². The number of aromatic nitrogens is 1. The van der Waals surface area contributed by atoms with Gasteiger partial charge in [0.2, 0.25) is 5.91 Å². The molecule has 44 heavy (non-hydrogen) atoms. The number of nitrogens with zero attached hydrogens (tertiary/aromatic N) is 2. The first-order valence-electron chi connectivity index (χ1n) is 15.8. The highest BCUT2D eigenvalue weighted by Crippen LogP contribution is 2.31. The van der Waals surface area contributed by atoms with Gasteiger partial charge in [-0.25, -0.2) is 4.39 Å². The number of anilines is 1. The first-order valence-corrected chi connectivity index (χ1v) is 16.6. The van der Waals surface area contributed by atoms with Gasteiger partial charge in [0.25, 0.3) is 11.8 Å². The number of hydrogen-bond donors (Lipinski definition) is 3. The smallest absolute Gasteiger partial charge is 0.273 e. The summed E-state index contributed by atoms with van der Waals surface area (Å²) in [5, 5.41) is 6.21. The van der Waals surface area contributed by atoms with Crippen molar-refractivity contribution in [3.8, 4) is 0 Å². The van der Waals surface area contributed by atoms with E-state index in [4.69, 9.17) is 5.73 Å². The molecule has 0 unspecified atom stereocenters. The normalized spacial score (nSPS) is 16.7. The minimum Gasteiger partial charge on any atom is -0.395 e. The molecule has 0 aliphatic heterocycles. The SMILES string of the molecule is Cc1ccccc1CCN(C(=O)c1snc(C(=O)NC2CCCCC2)c1N)[C@H](C(=O)NC1CCCCC1)c1ccc(F)cc1. The Morgan fingerprint density at radius 2 is 1.55 bits per heavy atom. The van der Waals surface area contributed by atoms with E-state index in [1.807, 2.05) is 31.2 Å². The van der Waals surface area contributed by atoms with Crippen molar-refractivity contribution in [2.45, 2.75) is 95.7 Å². The fourth-order valence-corrected chi connectivity index (χ4v) is 7.12. The minimum atomic E-state index is -1.03. The Kier molecular flexibility index (Phi) is 10.6. The van der Waals surface area contributed by atoms with Crippen molar-refractivity contribution in [2.24, 2.45) is 0 Å². The van der Waals surface area contributed by atoms with Crippen molar-refractivity contribution in [3.05, 3.63) is 81.6 Å². The van der Waals surface area contributed by atoms with Gasteiger partial charge in [0.05, 0.1) is 5.69 Å². The zero-order valence-corrected chi connectivity index (χ0v) is 26.1. The van der Waals surface area contributed by atoms with Crippen LogP contribution in [0.4, 0.5) is 10.1 Å². The lowest BCUT2D eigenvalue weighted by Crippen LogP contribution is -2.47. The largest absolute Gasteiger partial charge is 0.395 e. The Bertz CT molecular complexity index is 1450. The summed E-state index contributed by atoms with van der Waals surface area (Å²) in [5.41, 5.74) is 9.11. The predicted octanol–water partition coefficient (Wildman–Crippen LogP) is 6.11. The number of rotatable bonds is 10. The van der Waals surface area contributed by atoms with Gasteiger partial charge in [0.15, 0.2) is 5.69 Å². The topological polar surface area (TPSA) is 117 Å². The average molecular weight is 620 g/mol. The quantitative estimate of drug-likeness (QED) is 0.253. The second-order valence-electron chi connectivity index (χ2n) is 12.1. The van der Waals surface area contributed by atoms with E-state index in [1.165, 1.54) is 17.0 Å². The highest BCUT2D eigenvalue weighted by atomic mass is 32.1. The molecule has 2 aliphatic carbocycles. The van der Waals surface area contributed by atoms with Gasteiger partial charge in [0, 0.05) is 18.6 Å². The lowest BCUT2D eigenvalue weighted by molar-refractivity contribution is -0.126. The number of amides is 3. The number of benzene rings is 2. The molecule has 1 heterocycles. The first-order chi connectivity index (χ1) is 21.3. The van der Waals surface area contributed by atoms with Gasteiger partial charge in [-0.2, -0.15) is 4.37 Å². The second kappa shape index (κ2) is 14.8. The second-order valence-corrected chi connectivity index (χ2v) is 12.8. The molecule has 5 rings (SSSR count). The van der Waals surface area contributed by atoms with Gasteiger partial charge in [-0.05, 0) is 79.4 Å². The van der Waals surface area contributed by atoms with Crippen molar-refractivity contribution in [1.82, 2.24) is 19.9 Å². The van der Waals surface area contributed by atoms with Crippen LogP contribution in [0.15, 0.2) is 48.5 Å². The van der Waals surface area contributed by atoms with Crippen molar-refractivity contribution in [2.75, 3.05) is 12.3 Å². The van der Waals surface area contributed by atoms with Gasteiger partial charge in [-0.15, -0.1) is 0 Å². The van der Waals surface area contributed by atoms with Crippen LogP contribution in [0.5, 0.6) is 0 Å². The van der Waals surface area contributed by atoms with E-state index >= 15 is 0 Å². The van der Waals surface area contributed by atoms with Crippen molar-refractivity contribution in [1.29, 1.82) is 0 Å². The van der Waals surface area contributed by atoms with Gasteiger partial charge in [0.1, 0.15) is 16.7 Å². The Hall–Kier alpha value is -3.79. The molecule has 0 saturated heterocycles. The van der Waals surface area contributed by atoms with E-state index in [2.05, 4.69) is 15.0 Å². The summed E-state index contributed by atoms with van der Waals surface area (Å²) in [4.78, 5) is 43.2. The van der Waals surface area contributed by atoms with E-state index in [0.717, 1.165) is 86.9 Å². The third kappa shape index (κ3) is 7.64. The predicted molar refractivity (Wildman–Crippen MR) is 171 cm³/mol. The van der Waals surface area contributed by atoms with Crippen LogP contribution in [0.2, 0.25) is 0 Å². The number of halogens is 1. The summed E-state index contributed by atoms with van der Waals surface area (Å²) < 4.78 is 18.3. The molecule has 2 fully saturated rings. The summed E-state index contributed by atoms with van der Waals surface area (Å²) in [7, 11) is 0. The number of aryl methyl sites for hydroxylation is 1. The van der Waals surface area contributed by atoms with E-state index in [1.54, 1.807) is 12.1 Å². The van der Waals surface area contributed by atoms with Gasteiger partial charge in [-0.3, -0.25) is 14.4 Å². The summed E-state index contributed by atoms with van der Waals surface area (Å²) in [6.07, 6.45) is 10.5. The molecule has 2 saturated carbocycles. The van der Waals surface area contributed by atoms with Crippen LogP contribution in [0.1, 0.15) is 107 Å². The Balaban J connectivity index is 1.48. The molecule has 0 bridgehead atoms. The molecule has 234 valence electrons. The van der Waals surface area contributed by atoms with Crippen LogP contribution in [-0.4, -0.2) is 45.6 Å². The number of nitrogens with one attached hydrogen (secondary N) is 2. The molecular formula is C34H42FN5O3S. The molecule has 1 atom stereocenters. The van der Waals surface area contributed by atoms with Crippen LogP contribution in [0.25, 0.3) is 0 Å². The number of nitrogens with two attached hydrogens (primary N) is 1. The van der Waals surface area contributed by atoms with Gasteiger partial charge < -0.3 is 21.3 Å². The summed E-state index contributed by atoms with van der Waals surface area (Å²) in [6, 6.07) is 12.7. The molecule has 2 aliphatic rings. The number of carbonyl (C=O) groups is 3. The molecule has 8 nitrogen and oxygen atoms in total. The average Bonchev–Trinajstić information content (AvgIpc) is 3.42. The monoisotopic (exact) mass is 619 g/mol. The summed E-state index contributed by atoms with van der Waals surface area (Å²) >= 11 is 0.871. The minimum absolute atomic E-state index is 0.0103. The van der Waals surface area contributed by atoms with Gasteiger partial charge >= 0.3 is 0 Å². The maximum atomic E-state index is 14.4. The molecular weight excluding hydrogens is 577 g/mol. The van der Waals surface area contributed by atoms with Gasteiger partial charge in [-0.1, -0.05) is 74.9 Å². The van der Waals surface area contributed by atoms with Crippen LogP contribution >= 0.6 is 11.5 Å². The van der Waals surface area contributed by atoms with Crippen LogP contribution in [-0.2, 0) is 11.2 Å². The van der Waals surface area contributed by atoms with Crippen molar-refractivity contribution in [3.63, 3.8) is 0 Å². The van der Waals surface area contributed by atoms with E-state index < -0.39 is 17.8 Å². The maximum absolute atomic E-state index is 14.4. The van der Waals surface area contributed by atoms with Crippen molar-refractivity contribution >= 4 is 34.9 Å². The van der Waals surface area contributed by atoms with E-state index in [0.29, 0.717) is 12.0 Å². The molecule has 0 spiro atoms. The van der Waals surface area contributed by atoms with Crippen LogP contribution in [0.3, 0.4) is 0 Å². The highest BCUT2D eigenvalue weighted by molar-refractivity contribution is 7.09. The zero-order chi connectivity index (χ0) is 31.1. The molecule has 2 aromatic carbocycles. The van der Waals surface area contributed by atoms with Crippen LogP contribution in [0, 0.1) is 12.7 Å². The number of carbonyl (C=O) groups excluding carboxylic acids is 3. The lowest BCUT2D eigenvalue weighted by Gasteiger charge is -2.33. The Morgan fingerprint density at radius 3 is 2.18 bits per heavy atom. The molecule has 1 aromatic heterocycles. The highest BCUT2D eigenvalue weighted by Gasteiger charge is 2.36.